The fourth-order valence-electron chi connectivity index (χ4n) is 1.34. The molecule has 0 aromatic carbocycles. The predicted molar refractivity (Wildman–Crippen MR) is 41.8 cm³/mol. The van der Waals surface area contributed by atoms with Gasteiger partial charge in [-0.15, -0.1) is 0 Å². The van der Waals surface area contributed by atoms with Gasteiger partial charge in [-0.2, -0.15) is 0 Å². The van der Waals surface area contributed by atoms with Crippen LogP contribution in [0.25, 0.3) is 0 Å². The van der Waals surface area contributed by atoms with Crippen molar-refractivity contribution >= 4 is 15.9 Å². The van der Waals surface area contributed by atoms with Crippen molar-refractivity contribution in [1.29, 1.82) is 0 Å². The molecule has 9 heavy (non-hydrogen) atoms. The summed E-state index contributed by atoms with van der Waals surface area (Å²) in [5.41, 5.74) is -0.363. The Hall–Kier alpha value is 0.440. The molecule has 1 nitrogen and oxygen atoms in total. The van der Waals surface area contributed by atoms with Crippen LogP contribution in [0.5, 0.6) is 0 Å². The third-order valence-corrected chi connectivity index (χ3v) is 3.08. The van der Waals surface area contributed by atoms with Gasteiger partial charge in [-0.25, -0.2) is 0 Å². The Balaban J connectivity index is 2.37. The molecule has 1 saturated carbocycles. The van der Waals surface area contributed by atoms with Gasteiger partial charge >= 0.3 is 0 Å². The molecule has 0 radical (unpaired) electrons. The number of halogens is 1. The minimum absolute atomic E-state index is 0.363. The number of hydrogen-bond donors (Lipinski definition) is 1. The Morgan fingerprint density at radius 1 is 1.22 bits per heavy atom. The van der Waals surface area contributed by atoms with Gasteiger partial charge in [0.2, 0.25) is 0 Å². The highest BCUT2D eigenvalue weighted by Crippen LogP contribution is 2.29. The van der Waals surface area contributed by atoms with Crippen molar-refractivity contribution in [2.75, 3.05) is 5.33 Å². The summed E-state index contributed by atoms with van der Waals surface area (Å²) in [6, 6.07) is 0. The van der Waals surface area contributed by atoms with E-state index in [4.69, 9.17) is 0 Å². The second-order valence-electron chi connectivity index (χ2n) is 2.92. The topological polar surface area (TPSA) is 20.2 Å². The predicted octanol–water partition coefficient (Wildman–Crippen LogP) is 2.08. The molecular weight excluding hydrogens is 180 g/mol. The van der Waals surface area contributed by atoms with Gasteiger partial charge in [0.15, 0.2) is 0 Å². The smallest absolute Gasteiger partial charge is 0.0744 e. The first-order valence-corrected chi connectivity index (χ1v) is 4.67. The van der Waals surface area contributed by atoms with Crippen molar-refractivity contribution in [3.63, 3.8) is 0 Å². The SMILES string of the molecule is OC1(CBr)CCCCC1. The van der Waals surface area contributed by atoms with Crippen molar-refractivity contribution in [2.24, 2.45) is 0 Å². The normalized spacial score (nSPS) is 26.0. The van der Waals surface area contributed by atoms with Crippen LogP contribution in [0, 0.1) is 0 Å². The van der Waals surface area contributed by atoms with Crippen LogP contribution in [0.3, 0.4) is 0 Å². The van der Waals surface area contributed by atoms with E-state index >= 15 is 0 Å². The van der Waals surface area contributed by atoms with Crippen LogP contribution in [0.4, 0.5) is 0 Å². The van der Waals surface area contributed by atoms with Crippen LogP contribution in [-0.2, 0) is 0 Å². The summed E-state index contributed by atoms with van der Waals surface area (Å²) in [6.07, 6.45) is 5.66. The summed E-state index contributed by atoms with van der Waals surface area (Å²) in [5, 5.41) is 10.4. The van der Waals surface area contributed by atoms with E-state index in [1.165, 1.54) is 19.3 Å². The van der Waals surface area contributed by atoms with Gasteiger partial charge in [-0.3, -0.25) is 0 Å². The lowest BCUT2D eigenvalue weighted by atomic mass is 9.87. The van der Waals surface area contributed by atoms with E-state index in [-0.39, 0.29) is 5.60 Å². The van der Waals surface area contributed by atoms with E-state index in [2.05, 4.69) is 15.9 Å². The van der Waals surface area contributed by atoms with Crippen molar-refractivity contribution in [2.45, 2.75) is 37.7 Å². The van der Waals surface area contributed by atoms with E-state index in [9.17, 15) is 5.11 Å². The molecule has 0 aromatic heterocycles. The number of alkyl halides is 1. The molecule has 0 atom stereocenters. The molecule has 0 saturated heterocycles. The number of hydrogen-bond acceptors (Lipinski definition) is 1. The van der Waals surface area contributed by atoms with Crippen LogP contribution in [0.2, 0.25) is 0 Å². The molecule has 0 heterocycles. The van der Waals surface area contributed by atoms with Gasteiger partial charge in [0, 0.05) is 5.33 Å². The third-order valence-electron chi connectivity index (χ3n) is 2.03. The maximum atomic E-state index is 9.63. The maximum Gasteiger partial charge on any atom is 0.0744 e. The van der Waals surface area contributed by atoms with Crippen molar-refractivity contribution in [1.82, 2.24) is 0 Å². The van der Waals surface area contributed by atoms with Crippen LogP contribution in [0.1, 0.15) is 32.1 Å². The summed E-state index contributed by atoms with van der Waals surface area (Å²) in [5.74, 6) is 0. The second kappa shape index (κ2) is 3.02. The van der Waals surface area contributed by atoms with E-state index in [0.29, 0.717) is 0 Å². The second-order valence-corrected chi connectivity index (χ2v) is 3.48. The average molecular weight is 193 g/mol. The average Bonchev–Trinajstić information content (AvgIpc) is 1.90. The van der Waals surface area contributed by atoms with Crippen LogP contribution < -0.4 is 0 Å². The molecule has 0 amide bonds. The molecule has 1 N–H and O–H groups in total. The van der Waals surface area contributed by atoms with Crippen LogP contribution in [-0.4, -0.2) is 16.0 Å². The first-order chi connectivity index (χ1) is 4.27. The fraction of sp³-hybridized carbons (Fsp3) is 1.00. The van der Waals surface area contributed by atoms with Crippen molar-refractivity contribution in [3.8, 4) is 0 Å². The highest BCUT2D eigenvalue weighted by Gasteiger charge is 2.27. The summed E-state index contributed by atoms with van der Waals surface area (Å²) < 4.78 is 0. The lowest BCUT2D eigenvalue weighted by molar-refractivity contribution is 0.0284. The fourth-order valence-corrected chi connectivity index (χ4v) is 1.90. The largest absolute Gasteiger partial charge is 0.389 e. The zero-order valence-electron chi connectivity index (χ0n) is 5.57. The van der Waals surface area contributed by atoms with Gasteiger partial charge in [-0.05, 0) is 12.8 Å². The first kappa shape index (κ1) is 7.55. The molecule has 0 spiro atoms. The molecular formula is C7H13BrO. The molecule has 1 aliphatic rings. The summed E-state index contributed by atoms with van der Waals surface area (Å²) in [7, 11) is 0. The van der Waals surface area contributed by atoms with Crippen LogP contribution >= 0.6 is 15.9 Å². The monoisotopic (exact) mass is 192 g/mol. The van der Waals surface area contributed by atoms with E-state index in [1.807, 2.05) is 0 Å². The van der Waals surface area contributed by atoms with Gasteiger partial charge < -0.3 is 5.11 Å². The number of aliphatic hydroxyl groups is 1. The van der Waals surface area contributed by atoms with Crippen molar-refractivity contribution in [3.05, 3.63) is 0 Å². The summed E-state index contributed by atoms with van der Waals surface area (Å²) in [4.78, 5) is 0. The molecule has 0 unspecified atom stereocenters. The van der Waals surface area contributed by atoms with Crippen LogP contribution in [0.15, 0.2) is 0 Å². The summed E-state index contributed by atoms with van der Waals surface area (Å²) in [6.45, 7) is 0. The Morgan fingerprint density at radius 2 is 1.78 bits per heavy atom. The van der Waals surface area contributed by atoms with Gasteiger partial charge in [0.1, 0.15) is 0 Å². The third kappa shape index (κ3) is 1.94. The maximum absolute atomic E-state index is 9.63. The van der Waals surface area contributed by atoms with Gasteiger partial charge in [-0.1, -0.05) is 35.2 Å². The zero-order valence-corrected chi connectivity index (χ0v) is 7.15. The molecule has 2 heteroatoms. The lowest BCUT2D eigenvalue weighted by Gasteiger charge is -2.29. The van der Waals surface area contributed by atoms with E-state index < -0.39 is 0 Å². The molecule has 1 rings (SSSR count). The molecule has 0 bridgehead atoms. The Bertz CT molecular complexity index is 86.9. The molecule has 1 aliphatic carbocycles. The Labute approximate surface area is 64.6 Å². The molecule has 1 fully saturated rings. The number of rotatable bonds is 1. The minimum Gasteiger partial charge on any atom is -0.389 e. The van der Waals surface area contributed by atoms with E-state index in [1.54, 1.807) is 0 Å². The van der Waals surface area contributed by atoms with Gasteiger partial charge in [0.25, 0.3) is 0 Å². The van der Waals surface area contributed by atoms with Crippen molar-refractivity contribution < 1.29 is 5.11 Å². The Kier molecular flexibility index (Phi) is 2.53. The minimum atomic E-state index is -0.363. The Morgan fingerprint density at radius 3 is 2.11 bits per heavy atom. The first-order valence-electron chi connectivity index (χ1n) is 3.55. The highest BCUT2D eigenvalue weighted by atomic mass is 79.9. The van der Waals surface area contributed by atoms with Gasteiger partial charge in [0.05, 0.1) is 5.60 Å². The molecule has 0 aromatic rings. The molecule has 0 aliphatic heterocycles. The highest BCUT2D eigenvalue weighted by molar-refractivity contribution is 9.09. The quantitative estimate of drug-likeness (QED) is 0.632. The van der Waals surface area contributed by atoms with E-state index in [0.717, 1.165) is 18.2 Å². The zero-order chi connectivity index (χ0) is 6.74. The summed E-state index contributed by atoms with van der Waals surface area (Å²) >= 11 is 3.32. The lowest BCUT2D eigenvalue weighted by Crippen LogP contribution is -2.32. The standard InChI is InChI=1S/C7H13BrO/c8-6-7(9)4-2-1-3-5-7/h9H,1-6H2. The molecule has 54 valence electrons.